The summed E-state index contributed by atoms with van der Waals surface area (Å²) in [5, 5.41) is 3.41. The molecule has 2 heterocycles. The molecule has 14 heavy (non-hydrogen) atoms. The minimum atomic E-state index is 0.0937. The molecule has 0 spiro atoms. The van der Waals surface area contributed by atoms with Crippen molar-refractivity contribution in [1.82, 2.24) is 5.32 Å². The number of hydrogen-bond donors (Lipinski definition) is 1. The summed E-state index contributed by atoms with van der Waals surface area (Å²) < 4.78 is 11.6. The van der Waals surface area contributed by atoms with Crippen LogP contribution in [0, 0.1) is 11.3 Å². The van der Waals surface area contributed by atoms with Crippen molar-refractivity contribution < 1.29 is 9.47 Å². The maximum absolute atomic E-state index is 6.01. The summed E-state index contributed by atoms with van der Waals surface area (Å²) in [5.74, 6) is 0.744. The topological polar surface area (TPSA) is 30.5 Å². The summed E-state index contributed by atoms with van der Waals surface area (Å²) in [6, 6.07) is 0. The van der Waals surface area contributed by atoms with Crippen molar-refractivity contribution in [1.29, 1.82) is 0 Å². The molecule has 0 amide bonds. The highest BCUT2D eigenvalue weighted by molar-refractivity contribution is 5.16. The molecule has 1 saturated carbocycles. The monoisotopic (exact) mass is 197 g/mol. The lowest BCUT2D eigenvalue weighted by Gasteiger charge is -2.24. The summed E-state index contributed by atoms with van der Waals surface area (Å²) in [7, 11) is 0. The Bertz CT molecular complexity index is 227. The molecule has 2 saturated heterocycles. The van der Waals surface area contributed by atoms with Gasteiger partial charge in [-0.15, -0.1) is 0 Å². The summed E-state index contributed by atoms with van der Waals surface area (Å²) >= 11 is 0. The molecular weight excluding hydrogens is 178 g/mol. The first-order chi connectivity index (χ1) is 6.81. The summed E-state index contributed by atoms with van der Waals surface area (Å²) in [4.78, 5) is 0. The van der Waals surface area contributed by atoms with Crippen molar-refractivity contribution in [3.8, 4) is 0 Å². The molecular formula is C11H19NO2. The first-order valence-electron chi connectivity index (χ1n) is 5.78. The number of fused-ring (bicyclic) bond motifs is 1. The van der Waals surface area contributed by atoms with Crippen LogP contribution in [-0.4, -0.2) is 32.1 Å². The molecule has 0 aromatic heterocycles. The molecule has 3 aliphatic rings. The van der Waals surface area contributed by atoms with Crippen LogP contribution in [0.3, 0.4) is 0 Å². The molecule has 0 radical (unpaired) electrons. The SMILES string of the molecule is CC12CNCC1C2OC1CCCCO1. The van der Waals surface area contributed by atoms with Crippen molar-refractivity contribution in [3.63, 3.8) is 0 Å². The van der Waals surface area contributed by atoms with E-state index in [1.165, 1.54) is 12.8 Å². The second-order valence-electron chi connectivity index (χ2n) is 5.10. The molecule has 1 N–H and O–H groups in total. The number of nitrogens with one attached hydrogen (secondary N) is 1. The van der Waals surface area contributed by atoms with E-state index in [-0.39, 0.29) is 6.29 Å². The van der Waals surface area contributed by atoms with Gasteiger partial charge in [-0.2, -0.15) is 0 Å². The predicted molar refractivity (Wildman–Crippen MR) is 52.9 cm³/mol. The van der Waals surface area contributed by atoms with Crippen molar-refractivity contribution in [2.45, 2.75) is 38.6 Å². The molecule has 3 rings (SSSR count). The van der Waals surface area contributed by atoms with E-state index in [0.717, 1.165) is 32.0 Å². The highest BCUT2D eigenvalue weighted by Gasteiger charge is 2.65. The lowest BCUT2D eigenvalue weighted by atomic mass is 10.1. The van der Waals surface area contributed by atoms with Crippen molar-refractivity contribution in [3.05, 3.63) is 0 Å². The molecule has 4 unspecified atom stereocenters. The van der Waals surface area contributed by atoms with Crippen LogP contribution in [0.4, 0.5) is 0 Å². The normalized spacial score (nSPS) is 51.6. The van der Waals surface area contributed by atoms with E-state index in [1.54, 1.807) is 0 Å². The Hall–Kier alpha value is -0.120. The van der Waals surface area contributed by atoms with Gasteiger partial charge in [-0.25, -0.2) is 0 Å². The molecule has 0 aromatic carbocycles. The van der Waals surface area contributed by atoms with Gasteiger partial charge in [-0.05, 0) is 19.3 Å². The van der Waals surface area contributed by atoms with Gasteiger partial charge in [0.1, 0.15) is 0 Å². The van der Waals surface area contributed by atoms with Crippen LogP contribution in [0.5, 0.6) is 0 Å². The van der Waals surface area contributed by atoms with Gasteiger partial charge >= 0.3 is 0 Å². The minimum Gasteiger partial charge on any atom is -0.353 e. The smallest absolute Gasteiger partial charge is 0.157 e. The molecule has 3 heteroatoms. The zero-order chi connectivity index (χ0) is 9.60. The first-order valence-corrected chi connectivity index (χ1v) is 5.78. The minimum absolute atomic E-state index is 0.0937. The van der Waals surface area contributed by atoms with Crippen LogP contribution in [0.15, 0.2) is 0 Å². The van der Waals surface area contributed by atoms with Crippen LogP contribution in [0.25, 0.3) is 0 Å². The lowest BCUT2D eigenvalue weighted by molar-refractivity contribution is -0.176. The van der Waals surface area contributed by atoms with Crippen molar-refractivity contribution in [2.75, 3.05) is 19.7 Å². The van der Waals surface area contributed by atoms with E-state index >= 15 is 0 Å². The number of piperidine rings is 1. The molecule has 80 valence electrons. The van der Waals surface area contributed by atoms with Gasteiger partial charge < -0.3 is 14.8 Å². The van der Waals surface area contributed by atoms with Gasteiger partial charge in [0, 0.05) is 31.0 Å². The average Bonchev–Trinajstić information content (AvgIpc) is 2.59. The Morgan fingerprint density at radius 1 is 1.43 bits per heavy atom. The molecule has 3 fully saturated rings. The summed E-state index contributed by atoms with van der Waals surface area (Å²) in [5.41, 5.74) is 0.417. The third-order valence-corrected chi connectivity index (χ3v) is 4.06. The standard InChI is InChI=1S/C11H19NO2/c1-11-7-12-6-8(11)10(11)14-9-4-2-3-5-13-9/h8-10,12H,2-7H2,1H3. The van der Waals surface area contributed by atoms with Gasteiger partial charge in [0.2, 0.25) is 0 Å². The fraction of sp³-hybridized carbons (Fsp3) is 1.00. The summed E-state index contributed by atoms with van der Waals surface area (Å²) in [6.45, 7) is 5.46. The second-order valence-corrected chi connectivity index (χ2v) is 5.10. The fourth-order valence-corrected chi connectivity index (χ4v) is 2.92. The number of ether oxygens (including phenoxy) is 2. The van der Waals surface area contributed by atoms with Crippen molar-refractivity contribution >= 4 is 0 Å². The Balaban J connectivity index is 1.54. The fourth-order valence-electron chi connectivity index (χ4n) is 2.92. The van der Waals surface area contributed by atoms with E-state index in [2.05, 4.69) is 12.2 Å². The quantitative estimate of drug-likeness (QED) is 0.720. The Morgan fingerprint density at radius 2 is 2.36 bits per heavy atom. The van der Waals surface area contributed by atoms with Gasteiger partial charge in [0.15, 0.2) is 6.29 Å². The molecule has 2 aliphatic heterocycles. The molecule has 3 nitrogen and oxygen atoms in total. The lowest BCUT2D eigenvalue weighted by Crippen LogP contribution is -2.29. The third-order valence-electron chi connectivity index (χ3n) is 4.06. The first kappa shape index (κ1) is 9.13. The molecule has 4 atom stereocenters. The third kappa shape index (κ3) is 1.30. The van der Waals surface area contributed by atoms with E-state index in [1.807, 2.05) is 0 Å². The largest absolute Gasteiger partial charge is 0.353 e. The van der Waals surface area contributed by atoms with Crippen LogP contribution in [0.2, 0.25) is 0 Å². The van der Waals surface area contributed by atoms with E-state index < -0.39 is 0 Å². The molecule has 0 bridgehead atoms. The van der Waals surface area contributed by atoms with Gasteiger partial charge in [-0.3, -0.25) is 0 Å². The Kier molecular flexibility index (Phi) is 2.08. The highest BCUT2D eigenvalue weighted by atomic mass is 16.7. The number of hydrogen-bond acceptors (Lipinski definition) is 3. The molecule has 1 aliphatic carbocycles. The van der Waals surface area contributed by atoms with E-state index in [0.29, 0.717) is 11.5 Å². The van der Waals surface area contributed by atoms with E-state index in [9.17, 15) is 0 Å². The van der Waals surface area contributed by atoms with Crippen LogP contribution in [0.1, 0.15) is 26.2 Å². The summed E-state index contributed by atoms with van der Waals surface area (Å²) in [6.07, 6.45) is 4.11. The maximum atomic E-state index is 6.01. The maximum Gasteiger partial charge on any atom is 0.157 e. The zero-order valence-electron chi connectivity index (χ0n) is 8.79. The van der Waals surface area contributed by atoms with Crippen LogP contribution < -0.4 is 5.32 Å². The Labute approximate surface area is 85.1 Å². The van der Waals surface area contributed by atoms with Crippen molar-refractivity contribution in [2.24, 2.45) is 11.3 Å². The second kappa shape index (κ2) is 3.19. The van der Waals surface area contributed by atoms with Gasteiger partial charge in [0.25, 0.3) is 0 Å². The van der Waals surface area contributed by atoms with Crippen LogP contribution in [-0.2, 0) is 9.47 Å². The van der Waals surface area contributed by atoms with Gasteiger partial charge in [-0.1, -0.05) is 6.92 Å². The predicted octanol–water partition coefficient (Wildman–Crippen LogP) is 1.14. The highest BCUT2D eigenvalue weighted by Crippen LogP contribution is 2.57. The van der Waals surface area contributed by atoms with Crippen LogP contribution >= 0.6 is 0 Å². The average molecular weight is 197 g/mol. The van der Waals surface area contributed by atoms with Gasteiger partial charge in [0.05, 0.1) is 6.10 Å². The Morgan fingerprint density at radius 3 is 3.00 bits per heavy atom. The zero-order valence-corrected chi connectivity index (χ0v) is 8.79. The molecule has 0 aromatic rings. The number of rotatable bonds is 2. The van der Waals surface area contributed by atoms with E-state index in [4.69, 9.17) is 9.47 Å².